The Bertz CT molecular complexity index is 737. The maximum absolute atomic E-state index is 12.4. The molecule has 3 rings (SSSR count). The molecule has 0 saturated heterocycles. The highest BCUT2D eigenvalue weighted by Crippen LogP contribution is 2.28. The molecule has 7 heteroatoms. The van der Waals surface area contributed by atoms with Gasteiger partial charge in [-0.1, -0.05) is 29.8 Å². The van der Waals surface area contributed by atoms with Crippen LogP contribution in [0.5, 0.6) is 0 Å². The van der Waals surface area contributed by atoms with Crippen molar-refractivity contribution in [1.29, 1.82) is 0 Å². The Morgan fingerprint density at radius 1 is 1.33 bits per heavy atom. The van der Waals surface area contributed by atoms with Gasteiger partial charge in [0.1, 0.15) is 12.0 Å². The van der Waals surface area contributed by atoms with Crippen molar-refractivity contribution in [2.75, 3.05) is 35.7 Å². The van der Waals surface area contributed by atoms with Gasteiger partial charge in [0, 0.05) is 32.2 Å². The number of nitrogens with one attached hydrogen (secondary N) is 2. The summed E-state index contributed by atoms with van der Waals surface area (Å²) in [7, 11) is 1.77. The summed E-state index contributed by atoms with van der Waals surface area (Å²) in [5.41, 5.74) is 2.97. The molecular weight excluding hydrogens is 326 g/mol. The van der Waals surface area contributed by atoms with Crippen molar-refractivity contribution in [2.45, 2.75) is 19.3 Å². The monoisotopic (exact) mass is 345 g/mol. The third kappa shape index (κ3) is 3.43. The molecule has 0 spiro atoms. The van der Waals surface area contributed by atoms with Crippen molar-refractivity contribution in [2.24, 2.45) is 0 Å². The SMILES string of the molecule is CNc1c(Cl)ncnc1NCCCC(=O)N1CCc2ccccc21. The molecule has 0 bridgehead atoms. The van der Waals surface area contributed by atoms with Crippen LogP contribution in [0.1, 0.15) is 18.4 Å². The van der Waals surface area contributed by atoms with Crippen LogP contribution in [0.2, 0.25) is 5.15 Å². The Labute approximate surface area is 146 Å². The van der Waals surface area contributed by atoms with E-state index in [9.17, 15) is 4.79 Å². The van der Waals surface area contributed by atoms with E-state index in [-0.39, 0.29) is 5.91 Å². The molecule has 1 aliphatic rings. The molecule has 0 aliphatic carbocycles. The van der Waals surface area contributed by atoms with Gasteiger partial charge in [-0.3, -0.25) is 4.79 Å². The lowest BCUT2D eigenvalue weighted by Gasteiger charge is -2.17. The number of carbonyl (C=O) groups excluding carboxylic acids is 1. The predicted octanol–water partition coefficient (Wildman–Crippen LogP) is 2.95. The van der Waals surface area contributed by atoms with Crippen LogP contribution in [-0.2, 0) is 11.2 Å². The molecule has 0 fully saturated rings. The van der Waals surface area contributed by atoms with Gasteiger partial charge in [0.05, 0.1) is 0 Å². The molecule has 0 atom stereocenters. The zero-order chi connectivity index (χ0) is 16.9. The van der Waals surface area contributed by atoms with Gasteiger partial charge < -0.3 is 15.5 Å². The van der Waals surface area contributed by atoms with Crippen LogP contribution in [0.25, 0.3) is 0 Å². The third-order valence-corrected chi connectivity index (χ3v) is 4.39. The van der Waals surface area contributed by atoms with Crippen LogP contribution in [0.4, 0.5) is 17.2 Å². The lowest BCUT2D eigenvalue weighted by molar-refractivity contribution is -0.118. The minimum Gasteiger partial charge on any atom is -0.383 e. The summed E-state index contributed by atoms with van der Waals surface area (Å²) in [6, 6.07) is 8.09. The van der Waals surface area contributed by atoms with Crippen LogP contribution >= 0.6 is 11.6 Å². The smallest absolute Gasteiger partial charge is 0.227 e. The summed E-state index contributed by atoms with van der Waals surface area (Å²) in [6.45, 7) is 1.42. The second-order valence-electron chi connectivity index (χ2n) is 5.59. The van der Waals surface area contributed by atoms with Gasteiger partial charge >= 0.3 is 0 Å². The molecule has 1 aromatic heterocycles. The number of rotatable bonds is 6. The molecule has 0 radical (unpaired) electrons. The predicted molar refractivity (Wildman–Crippen MR) is 96.8 cm³/mol. The van der Waals surface area contributed by atoms with Gasteiger partial charge in [0.25, 0.3) is 0 Å². The number of fused-ring (bicyclic) bond motifs is 1. The van der Waals surface area contributed by atoms with E-state index in [1.165, 1.54) is 11.9 Å². The topological polar surface area (TPSA) is 70.1 Å². The number of benzene rings is 1. The lowest BCUT2D eigenvalue weighted by atomic mass is 10.2. The number of amides is 1. The minimum absolute atomic E-state index is 0.163. The van der Waals surface area contributed by atoms with Crippen molar-refractivity contribution in [3.8, 4) is 0 Å². The Hall–Kier alpha value is -2.34. The Morgan fingerprint density at radius 3 is 3.00 bits per heavy atom. The highest BCUT2D eigenvalue weighted by Gasteiger charge is 2.23. The van der Waals surface area contributed by atoms with Crippen LogP contribution in [-0.4, -0.2) is 36.0 Å². The van der Waals surface area contributed by atoms with Gasteiger partial charge in [-0.15, -0.1) is 0 Å². The molecule has 126 valence electrons. The van der Waals surface area contributed by atoms with Gasteiger partial charge in [0.15, 0.2) is 11.0 Å². The Kier molecular flexibility index (Phi) is 5.15. The number of hydrogen-bond donors (Lipinski definition) is 2. The molecule has 2 N–H and O–H groups in total. The summed E-state index contributed by atoms with van der Waals surface area (Å²) >= 11 is 6.01. The summed E-state index contributed by atoms with van der Waals surface area (Å²) in [5.74, 6) is 0.813. The first-order valence-electron chi connectivity index (χ1n) is 8.01. The third-order valence-electron chi connectivity index (χ3n) is 4.10. The Balaban J connectivity index is 1.51. The largest absolute Gasteiger partial charge is 0.383 e. The molecule has 6 nitrogen and oxygen atoms in total. The quantitative estimate of drug-likeness (QED) is 0.622. The van der Waals surface area contributed by atoms with Gasteiger partial charge in [-0.25, -0.2) is 9.97 Å². The first-order valence-corrected chi connectivity index (χ1v) is 8.39. The first-order chi connectivity index (χ1) is 11.7. The van der Waals surface area contributed by atoms with E-state index >= 15 is 0 Å². The van der Waals surface area contributed by atoms with Gasteiger partial charge in [0.2, 0.25) is 5.91 Å². The maximum Gasteiger partial charge on any atom is 0.227 e. The molecule has 1 aliphatic heterocycles. The van der Waals surface area contributed by atoms with Crippen molar-refractivity contribution in [3.63, 3.8) is 0 Å². The zero-order valence-corrected chi connectivity index (χ0v) is 14.3. The second kappa shape index (κ2) is 7.49. The van der Waals surface area contributed by atoms with E-state index in [2.05, 4.69) is 26.7 Å². The molecule has 1 amide bonds. The van der Waals surface area contributed by atoms with Crippen LogP contribution < -0.4 is 15.5 Å². The number of anilines is 3. The standard InChI is InChI=1S/C17H20ClN5O/c1-19-15-16(18)21-11-22-17(15)20-9-4-7-14(24)23-10-8-12-5-2-3-6-13(12)23/h2-3,5-6,11,19H,4,7-10H2,1H3,(H,20,21,22). The van der Waals surface area contributed by atoms with E-state index in [4.69, 9.17) is 11.6 Å². The maximum atomic E-state index is 12.4. The summed E-state index contributed by atoms with van der Waals surface area (Å²) in [4.78, 5) is 22.4. The highest BCUT2D eigenvalue weighted by molar-refractivity contribution is 6.32. The molecule has 0 saturated carbocycles. The van der Waals surface area contributed by atoms with E-state index < -0.39 is 0 Å². The number of para-hydroxylation sites is 1. The lowest BCUT2D eigenvalue weighted by Crippen LogP contribution is -2.29. The fourth-order valence-corrected chi connectivity index (χ4v) is 3.13. The zero-order valence-electron chi connectivity index (χ0n) is 13.6. The minimum atomic E-state index is 0.163. The number of carbonyl (C=O) groups is 1. The molecule has 1 aromatic carbocycles. The van der Waals surface area contributed by atoms with Crippen LogP contribution in [0.3, 0.4) is 0 Å². The van der Waals surface area contributed by atoms with Crippen molar-refractivity contribution < 1.29 is 4.79 Å². The Morgan fingerprint density at radius 2 is 2.17 bits per heavy atom. The van der Waals surface area contributed by atoms with Crippen LogP contribution in [0.15, 0.2) is 30.6 Å². The fourth-order valence-electron chi connectivity index (χ4n) is 2.90. The van der Waals surface area contributed by atoms with Crippen molar-refractivity contribution in [1.82, 2.24) is 9.97 Å². The van der Waals surface area contributed by atoms with Gasteiger partial charge in [-0.2, -0.15) is 0 Å². The number of hydrogen-bond acceptors (Lipinski definition) is 5. The average Bonchev–Trinajstić information content (AvgIpc) is 3.03. The first kappa shape index (κ1) is 16.5. The highest BCUT2D eigenvalue weighted by atomic mass is 35.5. The normalized spacial score (nSPS) is 12.8. The molecule has 24 heavy (non-hydrogen) atoms. The van der Waals surface area contributed by atoms with Gasteiger partial charge in [-0.05, 0) is 24.5 Å². The van der Waals surface area contributed by atoms with E-state index in [0.717, 1.165) is 25.1 Å². The second-order valence-corrected chi connectivity index (χ2v) is 5.95. The van der Waals surface area contributed by atoms with E-state index in [0.29, 0.717) is 29.6 Å². The fraction of sp³-hybridized carbons (Fsp3) is 0.353. The number of halogens is 1. The summed E-state index contributed by atoms with van der Waals surface area (Å²) < 4.78 is 0. The van der Waals surface area contributed by atoms with Crippen LogP contribution in [0, 0.1) is 0 Å². The average molecular weight is 346 g/mol. The molecule has 2 heterocycles. The number of aromatic nitrogens is 2. The summed E-state index contributed by atoms with van der Waals surface area (Å²) in [5, 5.41) is 6.55. The molecular formula is C17H20ClN5O. The number of nitrogens with zero attached hydrogens (tertiary/aromatic N) is 3. The van der Waals surface area contributed by atoms with E-state index in [1.54, 1.807) is 7.05 Å². The van der Waals surface area contributed by atoms with E-state index in [1.807, 2.05) is 23.1 Å². The van der Waals surface area contributed by atoms with Crippen molar-refractivity contribution in [3.05, 3.63) is 41.3 Å². The molecule has 2 aromatic rings. The molecule has 0 unspecified atom stereocenters. The summed E-state index contributed by atoms with van der Waals surface area (Å²) in [6.07, 6.45) is 3.57. The van der Waals surface area contributed by atoms with Crippen molar-refractivity contribution >= 4 is 34.7 Å².